The van der Waals surface area contributed by atoms with Gasteiger partial charge in [-0.1, -0.05) is 18.2 Å². The Morgan fingerprint density at radius 3 is 2.70 bits per heavy atom. The summed E-state index contributed by atoms with van der Waals surface area (Å²) in [7, 11) is 0. The van der Waals surface area contributed by atoms with Gasteiger partial charge in [-0.25, -0.2) is 0 Å². The van der Waals surface area contributed by atoms with Gasteiger partial charge in [-0.2, -0.15) is 0 Å². The largest absolute Gasteiger partial charge is 0.396 e. The zero-order valence-corrected chi connectivity index (χ0v) is 12.4. The van der Waals surface area contributed by atoms with Crippen molar-refractivity contribution in [3.8, 4) is 0 Å². The van der Waals surface area contributed by atoms with Gasteiger partial charge in [0.25, 0.3) is 0 Å². The fourth-order valence-corrected chi connectivity index (χ4v) is 3.91. The van der Waals surface area contributed by atoms with Crippen LogP contribution in [0.4, 0.5) is 0 Å². The number of benzene rings is 2. The first kappa shape index (κ1) is 13.3. The van der Waals surface area contributed by atoms with Crippen molar-refractivity contribution in [2.24, 2.45) is 0 Å². The predicted octanol–water partition coefficient (Wildman–Crippen LogP) is 3.57. The van der Waals surface area contributed by atoms with Crippen LogP contribution in [-0.4, -0.2) is 11.7 Å². The smallest absolute Gasteiger partial charge is 0.196 e. The number of aliphatic hydroxyl groups excluding tert-OH is 1. The summed E-state index contributed by atoms with van der Waals surface area (Å²) in [6.45, 7) is 4.18. The van der Waals surface area contributed by atoms with Crippen LogP contribution in [0.15, 0.2) is 35.1 Å². The molecule has 2 nitrogen and oxygen atoms in total. The summed E-state index contributed by atoms with van der Waals surface area (Å²) in [6.07, 6.45) is 0.526. The van der Waals surface area contributed by atoms with Crippen LogP contribution >= 0.6 is 11.3 Å². The monoisotopic (exact) mass is 284 g/mol. The van der Waals surface area contributed by atoms with Crippen LogP contribution in [0.25, 0.3) is 20.2 Å². The van der Waals surface area contributed by atoms with Crippen molar-refractivity contribution in [2.45, 2.75) is 20.3 Å². The van der Waals surface area contributed by atoms with E-state index in [9.17, 15) is 9.90 Å². The second-order valence-corrected chi connectivity index (χ2v) is 6.13. The predicted molar refractivity (Wildman–Crippen MR) is 85.9 cm³/mol. The molecule has 0 radical (unpaired) electrons. The molecule has 0 saturated carbocycles. The molecule has 1 N–H and O–H groups in total. The fraction of sp³-hybridized carbons (Fsp3) is 0.235. The van der Waals surface area contributed by atoms with Gasteiger partial charge >= 0.3 is 0 Å². The minimum absolute atomic E-state index is 0.0640. The van der Waals surface area contributed by atoms with E-state index in [1.165, 1.54) is 5.56 Å². The molecule has 3 aromatic rings. The summed E-state index contributed by atoms with van der Waals surface area (Å²) in [6, 6.07) is 9.77. The van der Waals surface area contributed by atoms with Gasteiger partial charge in [0.1, 0.15) is 0 Å². The average Bonchev–Trinajstić information content (AvgIpc) is 2.45. The number of hydrogen-bond acceptors (Lipinski definition) is 3. The van der Waals surface area contributed by atoms with E-state index in [-0.39, 0.29) is 12.0 Å². The van der Waals surface area contributed by atoms with Gasteiger partial charge in [-0.05, 0) is 49.1 Å². The Balaban J connectivity index is 2.56. The molecular formula is C17H16O2S. The highest BCUT2D eigenvalue weighted by molar-refractivity contribution is 7.24. The number of rotatable bonds is 2. The quantitative estimate of drug-likeness (QED) is 0.730. The Labute approximate surface area is 121 Å². The molecule has 102 valence electrons. The minimum Gasteiger partial charge on any atom is -0.396 e. The molecule has 0 unspecified atom stereocenters. The van der Waals surface area contributed by atoms with Crippen LogP contribution in [0.2, 0.25) is 0 Å². The molecule has 3 heteroatoms. The van der Waals surface area contributed by atoms with Crippen LogP contribution in [0.1, 0.15) is 16.7 Å². The van der Waals surface area contributed by atoms with Crippen molar-refractivity contribution in [2.75, 3.05) is 6.61 Å². The van der Waals surface area contributed by atoms with Gasteiger partial charge in [-0.3, -0.25) is 4.79 Å². The van der Waals surface area contributed by atoms with Gasteiger partial charge in [0.2, 0.25) is 0 Å². The molecule has 0 saturated heterocycles. The van der Waals surface area contributed by atoms with Crippen molar-refractivity contribution in [1.29, 1.82) is 0 Å². The molecule has 1 heterocycles. The van der Waals surface area contributed by atoms with E-state index >= 15 is 0 Å². The van der Waals surface area contributed by atoms with Crippen LogP contribution in [0.3, 0.4) is 0 Å². The van der Waals surface area contributed by atoms with Gasteiger partial charge < -0.3 is 5.11 Å². The molecule has 0 spiro atoms. The van der Waals surface area contributed by atoms with Gasteiger partial charge in [0.15, 0.2) is 5.43 Å². The summed E-state index contributed by atoms with van der Waals surface area (Å²) in [5, 5.41) is 10.8. The molecule has 20 heavy (non-hydrogen) atoms. The molecule has 0 bridgehead atoms. The highest BCUT2D eigenvalue weighted by Gasteiger charge is 2.13. The Morgan fingerprint density at radius 2 is 1.95 bits per heavy atom. The van der Waals surface area contributed by atoms with Crippen molar-refractivity contribution in [3.05, 3.63) is 57.2 Å². The van der Waals surface area contributed by atoms with E-state index in [0.29, 0.717) is 6.42 Å². The lowest BCUT2D eigenvalue weighted by atomic mass is 9.99. The Kier molecular flexibility index (Phi) is 3.32. The summed E-state index contributed by atoms with van der Waals surface area (Å²) in [5.41, 5.74) is 3.37. The fourth-order valence-electron chi connectivity index (χ4n) is 2.64. The molecule has 0 atom stereocenters. The summed E-state index contributed by atoms with van der Waals surface area (Å²) >= 11 is 1.66. The summed E-state index contributed by atoms with van der Waals surface area (Å²) < 4.78 is 2.07. The zero-order chi connectivity index (χ0) is 14.3. The molecule has 0 aliphatic rings. The highest BCUT2D eigenvalue weighted by Crippen LogP contribution is 2.31. The third kappa shape index (κ3) is 1.94. The SMILES string of the molecule is Cc1cc(CCO)c2c(=O)c3ccccc3sc2c1C. The van der Waals surface area contributed by atoms with Crippen LogP contribution in [0.5, 0.6) is 0 Å². The molecule has 0 aliphatic heterocycles. The number of aryl methyl sites for hydroxylation is 2. The zero-order valence-electron chi connectivity index (χ0n) is 11.6. The number of aliphatic hydroxyl groups is 1. The molecule has 1 aromatic heterocycles. The molecular weight excluding hydrogens is 268 g/mol. The number of fused-ring (bicyclic) bond motifs is 2. The maximum absolute atomic E-state index is 12.8. The minimum atomic E-state index is 0.0640. The Bertz CT molecular complexity index is 862. The lowest BCUT2D eigenvalue weighted by Gasteiger charge is -2.11. The lowest BCUT2D eigenvalue weighted by molar-refractivity contribution is 0.300. The number of hydrogen-bond donors (Lipinski definition) is 1. The first-order valence-electron chi connectivity index (χ1n) is 6.69. The molecule has 0 amide bonds. The standard InChI is InChI=1S/C17H16O2S/c1-10-9-12(7-8-18)15-16(19)13-5-3-4-6-14(13)20-17(15)11(10)2/h3-6,9,18H,7-8H2,1-2H3. The van der Waals surface area contributed by atoms with E-state index in [2.05, 4.69) is 13.8 Å². The molecule has 2 aromatic carbocycles. The maximum Gasteiger partial charge on any atom is 0.196 e. The second kappa shape index (κ2) is 5.00. The summed E-state index contributed by atoms with van der Waals surface area (Å²) in [4.78, 5) is 12.8. The second-order valence-electron chi connectivity index (χ2n) is 5.08. The van der Waals surface area contributed by atoms with E-state index in [0.717, 1.165) is 31.3 Å². The first-order valence-corrected chi connectivity index (χ1v) is 7.50. The van der Waals surface area contributed by atoms with E-state index in [1.807, 2.05) is 30.3 Å². The van der Waals surface area contributed by atoms with Crippen molar-refractivity contribution < 1.29 is 5.11 Å². The normalized spacial score (nSPS) is 11.3. The van der Waals surface area contributed by atoms with Crippen LogP contribution in [-0.2, 0) is 6.42 Å². The van der Waals surface area contributed by atoms with Gasteiger partial charge in [-0.15, -0.1) is 11.3 Å². The average molecular weight is 284 g/mol. The third-order valence-corrected chi connectivity index (χ3v) is 5.11. The van der Waals surface area contributed by atoms with Crippen molar-refractivity contribution in [3.63, 3.8) is 0 Å². The van der Waals surface area contributed by atoms with Crippen LogP contribution in [0, 0.1) is 13.8 Å². The summed E-state index contributed by atoms with van der Waals surface area (Å²) in [5.74, 6) is 0. The van der Waals surface area contributed by atoms with Gasteiger partial charge in [0, 0.05) is 26.8 Å². The Morgan fingerprint density at radius 1 is 1.20 bits per heavy atom. The molecule has 0 fully saturated rings. The molecule has 3 rings (SSSR count). The van der Waals surface area contributed by atoms with E-state index in [4.69, 9.17) is 0 Å². The Hall–Kier alpha value is -1.71. The van der Waals surface area contributed by atoms with Crippen molar-refractivity contribution in [1.82, 2.24) is 0 Å². The maximum atomic E-state index is 12.8. The molecule has 0 aliphatic carbocycles. The topological polar surface area (TPSA) is 37.3 Å². The first-order chi connectivity index (χ1) is 9.63. The van der Waals surface area contributed by atoms with Crippen LogP contribution < -0.4 is 5.43 Å². The van der Waals surface area contributed by atoms with Crippen molar-refractivity contribution >= 4 is 31.5 Å². The lowest BCUT2D eigenvalue weighted by Crippen LogP contribution is -2.07. The van der Waals surface area contributed by atoms with E-state index in [1.54, 1.807) is 11.3 Å². The highest BCUT2D eigenvalue weighted by atomic mass is 32.1. The van der Waals surface area contributed by atoms with E-state index < -0.39 is 0 Å². The third-order valence-electron chi connectivity index (χ3n) is 3.82. The van der Waals surface area contributed by atoms with Gasteiger partial charge in [0.05, 0.1) is 0 Å².